The lowest BCUT2D eigenvalue weighted by atomic mass is 9.88. The van der Waals surface area contributed by atoms with E-state index in [9.17, 15) is 4.79 Å². The fourth-order valence-corrected chi connectivity index (χ4v) is 1.90. The maximum absolute atomic E-state index is 11.5. The van der Waals surface area contributed by atoms with Gasteiger partial charge in [-0.2, -0.15) is 0 Å². The van der Waals surface area contributed by atoms with Gasteiger partial charge in [0.25, 0.3) is 0 Å². The molecule has 3 N–H and O–H groups in total. The number of nitrogens with two attached hydrogens (primary N) is 1. The second-order valence-electron chi connectivity index (χ2n) is 6.14. The van der Waals surface area contributed by atoms with Crippen molar-refractivity contribution in [3.05, 3.63) is 0 Å². The molecule has 0 bridgehead atoms. The molecule has 0 radical (unpaired) electrons. The number of hydrogen-bond acceptors (Lipinski definition) is 2. The maximum Gasteiger partial charge on any atom is 0.220 e. The van der Waals surface area contributed by atoms with E-state index in [0.717, 1.165) is 19.3 Å². The molecule has 1 amide bonds. The Hall–Kier alpha value is -0.570. The van der Waals surface area contributed by atoms with Crippen LogP contribution in [0.5, 0.6) is 0 Å². The van der Waals surface area contributed by atoms with Crippen LogP contribution in [0.15, 0.2) is 0 Å². The molecule has 0 rings (SSSR count). The highest BCUT2D eigenvalue weighted by atomic mass is 16.1. The third kappa shape index (κ3) is 11.7. The van der Waals surface area contributed by atoms with Gasteiger partial charge in [0.1, 0.15) is 0 Å². The second kappa shape index (κ2) is 8.51. The van der Waals surface area contributed by atoms with Gasteiger partial charge in [-0.25, -0.2) is 0 Å². The van der Waals surface area contributed by atoms with Gasteiger partial charge >= 0.3 is 0 Å². The van der Waals surface area contributed by atoms with Crippen LogP contribution in [0.2, 0.25) is 0 Å². The van der Waals surface area contributed by atoms with Crippen molar-refractivity contribution in [1.82, 2.24) is 5.32 Å². The molecule has 0 aliphatic carbocycles. The highest BCUT2D eigenvalue weighted by Crippen LogP contribution is 2.19. The van der Waals surface area contributed by atoms with Gasteiger partial charge < -0.3 is 11.1 Å². The maximum atomic E-state index is 11.5. The fourth-order valence-electron chi connectivity index (χ4n) is 1.90. The summed E-state index contributed by atoms with van der Waals surface area (Å²) in [5.74, 6) is 0.144. The molecule has 0 saturated carbocycles. The third-order valence-corrected chi connectivity index (χ3v) is 2.69. The van der Waals surface area contributed by atoms with Crippen molar-refractivity contribution in [2.24, 2.45) is 11.1 Å². The molecule has 0 saturated heterocycles. The van der Waals surface area contributed by atoms with E-state index in [1.165, 1.54) is 12.8 Å². The molecule has 102 valence electrons. The molecule has 0 aromatic rings. The van der Waals surface area contributed by atoms with Crippen molar-refractivity contribution in [3.8, 4) is 0 Å². The number of amides is 1. The van der Waals surface area contributed by atoms with E-state index in [2.05, 4.69) is 33.0 Å². The molecule has 17 heavy (non-hydrogen) atoms. The van der Waals surface area contributed by atoms with E-state index >= 15 is 0 Å². The number of carbonyl (C=O) groups excluding carboxylic acids is 1. The molecule has 3 nitrogen and oxygen atoms in total. The van der Waals surface area contributed by atoms with E-state index in [1.54, 1.807) is 0 Å². The molecule has 0 fully saturated rings. The SMILES string of the molecule is CCCCCCC(=O)NCC(N)CC(C)(C)C. The summed E-state index contributed by atoms with van der Waals surface area (Å²) in [5.41, 5.74) is 6.20. The summed E-state index contributed by atoms with van der Waals surface area (Å²) in [4.78, 5) is 11.5. The van der Waals surface area contributed by atoms with Crippen LogP contribution in [0, 0.1) is 5.41 Å². The van der Waals surface area contributed by atoms with Crippen LogP contribution in [-0.4, -0.2) is 18.5 Å². The Morgan fingerprint density at radius 2 is 1.88 bits per heavy atom. The minimum atomic E-state index is 0.0644. The Morgan fingerprint density at radius 3 is 2.41 bits per heavy atom. The van der Waals surface area contributed by atoms with Crippen molar-refractivity contribution >= 4 is 5.91 Å². The molecule has 0 spiro atoms. The third-order valence-electron chi connectivity index (χ3n) is 2.69. The van der Waals surface area contributed by atoms with Crippen LogP contribution in [0.4, 0.5) is 0 Å². The van der Waals surface area contributed by atoms with Crippen molar-refractivity contribution in [2.75, 3.05) is 6.54 Å². The first-order valence-corrected chi connectivity index (χ1v) is 6.87. The summed E-state index contributed by atoms with van der Waals surface area (Å²) in [6.45, 7) is 9.27. The van der Waals surface area contributed by atoms with Gasteiger partial charge in [-0.1, -0.05) is 47.0 Å². The van der Waals surface area contributed by atoms with E-state index in [-0.39, 0.29) is 17.4 Å². The minimum absolute atomic E-state index is 0.0644. The molecule has 0 heterocycles. The van der Waals surface area contributed by atoms with Gasteiger partial charge in [-0.05, 0) is 18.3 Å². The van der Waals surface area contributed by atoms with Crippen molar-refractivity contribution in [2.45, 2.75) is 72.3 Å². The summed E-state index contributed by atoms with van der Waals surface area (Å²) in [6.07, 6.45) is 6.15. The van der Waals surface area contributed by atoms with Gasteiger partial charge in [-0.3, -0.25) is 4.79 Å². The summed E-state index contributed by atoms with van der Waals surface area (Å²) in [7, 11) is 0. The van der Waals surface area contributed by atoms with Gasteiger partial charge in [0.15, 0.2) is 0 Å². The first-order valence-electron chi connectivity index (χ1n) is 6.87. The van der Waals surface area contributed by atoms with Crippen molar-refractivity contribution in [3.63, 3.8) is 0 Å². The predicted octanol–water partition coefficient (Wildman–Crippen LogP) is 2.84. The number of hydrogen-bond donors (Lipinski definition) is 2. The molecule has 0 aliphatic heterocycles. The van der Waals surface area contributed by atoms with Crippen LogP contribution in [0.3, 0.4) is 0 Å². The standard InChI is InChI=1S/C14H30N2O/c1-5-6-7-8-9-13(17)16-11-12(15)10-14(2,3)4/h12H,5-11,15H2,1-4H3,(H,16,17). The highest BCUT2D eigenvalue weighted by Gasteiger charge is 2.15. The fraction of sp³-hybridized carbons (Fsp3) is 0.929. The molecule has 0 aromatic heterocycles. The lowest BCUT2D eigenvalue weighted by Gasteiger charge is -2.23. The van der Waals surface area contributed by atoms with Crippen LogP contribution in [-0.2, 0) is 4.79 Å². The number of unbranched alkanes of at least 4 members (excludes halogenated alkanes) is 3. The molecule has 3 heteroatoms. The average molecular weight is 242 g/mol. The quantitative estimate of drug-likeness (QED) is 0.643. The molecule has 1 unspecified atom stereocenters. The Kier molecular flexibility index (Phi) is 8.23. The summed E-state index contributed by atoms with van der Waals surface area (Å²) >= 11 is 0. The first kappa shape index (κ1) is 16.4. The Morgan fingerprint density at radius 1 is 1.24 bits per heavy atom. The van der Waals surface area contributed by atoms with Crippen LogP contribution in [0.1, 0.15) is 66.2 Å². The normalized spacial score (nSPS) is 13.5. The minimum Gasteiger partial charge on any atom is -0.355 e. The number of nitrogens with one attached hydrogen (secondary N) is 1. The highest BCUT2D eigenvalue weighted by molar-refractivity contribution is 5.75. The zero-order chi connectivity index (χ0) is 13.3. The summed E-state index contributed by atoms with van der Waals surface area (Å²) < 4.78 is 0. The Labute approximate surface area is 107 Å². The topological polar surface area (TPSA) is 55.1 Å². The van der Waals surface area contributed by atoms with Gasteiger partial charge in [0.2, 0.25) is 5.91 Å². The lowest BCUT2D eigenvalue weighted by Crippen LogP contribution is -2.39. The van der Waals surface area contributed by atoms with Crippen molar-refractivity contribution in [1.29, 1.82) is 0 Å². The predicted molar refractivity (Wildman–Crippen MR) is 73.8 cm³/mol. The number of rotatable bonds is 8. The van der Waals surface area contributed by atoms with Crippen LogP contribution < -0.4 is 11.1 Å². The zero-order valence-corrected chi connectivity index (χ0v) is 12.0. The molecular formula is C14H30N2O. The Bertz CT molecular complexity index is 209. The number of carbonyl (C=O) groups is 1. The van der Waals surface area contributed by atoms with Gasteiger partial charge in [-0.15, -0.1) is 0 Å². The molecular weight excluding hydrogens is 212 g/mol. The average Bonchev–Trinajstić information content (AvgIpc) is 2.19. The van der Waals surface area contributed by atoms with Crippen molar-refractivity contribution < 1.29 is 4.79 Å². The summed E-state index contributed by atoms with van der Waals surface area (Å²) in [6, 6.07) is 0.0644. The van der Waals surface area contributed by atoms with E-state index in [0.29, 0.717) is 13.0 Å². The zero-order valence-electron chi connectivity index (χ0n) is 12.0. The second-order valence-corrected chi connectivity index (χ2v) is 6.14. The van der Waals surface area contributed by atoms with Gasteiger partial charge in [0.05, 0.1) is 0 Å². The molecule has 0 aliphatic rings. The van der Waals surface area contributed by atoms with Gasteiger partial charge in [0, 0.05) is 19.0 Å². The van der Waals surface area contributed by atoms with Crippen LogP contribution in [0.25, 0.3) is 0 Å². The van der Waals surface area contributed by atoms with E-state index in [1.807, 2.05) is 0 Å². The first-order chi connectivity index (χ1) is 7.85. The lowest BCUT2D eigenvalue weighted by molar-refractivity contribution is -0.121. The monoisotopic (exact) mass is 242 g/mol. The molecule has 0 aromatic carbocycles. The summed E-state index contributed by atoms with van der Waals surface area (Å²) in [5, 5.41) is 2.92. The largest absolute Gasteiger partial charge is 0.355 e. The molecule has 1 atom stereocenters. The van der Waals surface area contributed by atoms with E-state index in [4.69, 9.17) is 5.73 Å². The van der Waals surface area contributed by atoms with E-state index < -0.39 is 0 Å². The van der Waals surface area contributed by atoms with Crippen LogP contribution >= 0.6 is 0 Å². The smallest absolute Gasteiger partial charge is 0.220 e. The Balaban J connectivity index is 3.56.